The van der Waals surface area contributed by atoms with Crippen molar-refractivity contribution in [3.8, 4) is 11.5 Å². The third kappa shape index (κ3) is 2.82. The Balaban J connectivity index is 1.72. The van der Waals surface area contributed by atoms with E-state index in [0.717, 1.165) is 15.5 Å². The van der Waals surface area contributed by atoms with Crippen LogP contribution < -0.4 is 5.73 Å². The topological polar surface area (TPSA) is 64.9 Å². The van der Waals surface area contributed by atoms with Gasteiger partial charge in [0.05, 0.1) is 21.3 Å². The molecule has 0 aliphatic rings. The summed E-state index contributed by atoms with van der Waals surface area (Å²) in [6, 6.07) is 9.54. The Labute approximate surface area is 129 Å². The quantitative estimate of drug-likeness (QED) is 0.724. The maximum Gasteiger partial charge on any atom is 0.260 e. The molecule has 2 heterocycles. The van der Waals surface area contributed by atoms with Gasteiger partial charge in [0.25, 0.3) is 5.89 Å². The van der Waals surface area contributed by atoms with Crippen LogP contribution in [-0.2, 0) is 5.75 Å². The maximum absolute atomic E-state index is 6.10. The normalized spacial score (nSPS) is 10.8. The predicted octanol–water partition coefficient (Wildman–Crippen LogP) is 4.33. The van der Waals surface area contributed by atoms with Crippen LogP contribution in [-0.4, -0.2) is 10.1 Å². The molecular weight excluding hydrogens is 314 g/mol. The third-order valence-corrected chi connectivity index (χ3v) is 4.84. The number of rotatable bonds is 4. The molecule has 0 fully saturated rings. The minimum Gasteiger partial charge on any atom is -0.390 e. The summed E-state index contributed by atoms with van der Waals surface area (Å²) in [5, 5.41) is 7.26. The zero-order valence-corrected chi connectivity index (χ0v) is 12.6. The first-order chi connectivity index (χ1) is 9.74. The van der Waals surface area contributed by atoms with E-state index in [4.69, 9.17) is 21.9 Å². The van der Waals surface area contributed by atoms with Crippen LogP contribution >= 0.6 is 34.7 Å². The van der Waals surface area contributed by atoms with Gasteiger partial charge in [-0.2, -0.15) is 4.98 Å². The highest BCUT2D eigenvalue weighted by Gasteiger charge is 2.13. The van der Waals surface area contributed by atoms with Crippen molar-refractivity contribution < 1.29 is 4.52 Å². The maximum atomic E-state index is 6.10. The fourth-order valence-electron chi connectivity index (χ4n) is 1.62. The highest BCUT2D eigenvalue weighted by atomic mass is 35.5. The largest absolute Gasteiger partial charge is 0.390 e. The Bertz CT molecular complexity index is 726. The lowest BCUT2D eigenvalue weighted by Crippen LogP contribution is -1.86. The molecule has 0 saturated carbocycles. The van der Waals surface area contributed by atoms with Crippen LogP contribution in [0.15, 0.2) is 45.1 Å². The van der Waals surface area contributed by atoms with E-state index in [0.29, 0.717) is 22.5 Å². The number of halogens is 1. The van der Waals surface area contributed by atoms with Crippen molar-refractivity contribution in [3.05, 3.63) is 46.6 Å². The summed E-state index contributed by atoms with van der Waals surface area (Å²) in [6.07, 6.45) is 0. The Kier molecular flexibility index (Phi) is 3.95. The van der Waals surface area contributed by atoms with E-state index >= 15 is 0 Å². The summed E-state index contributed by atoms with van der Waals surface area (Å²) >= 11 is 9.11. The van der Waals surface area contributed by atoms with E-state index in [1.807, 2.05) is 35.7 Å². The molecule has 7 heteroatoms. The van der Waals surface area contributed by atoms with Crippen molar-refractivity contribution in [3.63, 3.8) is 0 Å². The SMILES string of the molecule is Nc1sccc1-c1nc(CSc2ccccc2Cl)no1. The Morgan fingerprint density at radius 2 is 2.15 bits per heavy atom. The smallest absolute Gasteiger partial charge is 0.260 e. The van der Waals surface area contributed by atoms with Crippen molar-refractivity contribution in [2.24, 2.45) is 0 Å². The van der Waals surface area contributed by atoms with Gasteiger partial charge < -0.3 is 10.3 Å². The number of nitrogens with two attached hydrogens (primary N) is 1. The van der Waals surface area contributed by atoms with Crippen molar-refractivity contribution in [2.45, 2.75) is 10.6 Å². The number of nitrogen functional groups attached to an aromatic ring is 1. The zero-order valence-electron chi connectivity index (χ0n) is 10.2. The predicted molar refractivity (Wildman–Crippen MR) is 83.0 cm³/mol. The van der Waals surface area contributed by atoms with Crippen molar-refractivity contribution in [1.29, 1.82) is 0 Å². The lowest BCUT2D eigenvalue weighted by molar-refractivity contribution is 0.425. The van der Waals surface area contributed by atoms with Crippen LogP contribution in [0, 0.1) is 0 Å². The Hall–Kier alpha value is -1.50. The monoisotopic (exact) mass is 323 g/mol. The lowest BCUT2D eigenvalue weighted by atomic mass is 10.3. The molecule has 3 aromatic rings. The van der Waals surface area contributed by atoms with Crippen LogP contribution in [0.5, 0.6) is 0 Å². The summed E-state index contributed by atoms with van der Waals surface area (Å²) in [4.78, 5) is 5.34. The van der Waals surface area contributed by atoms with Crippen LogP contribution in [0.1, 0.15) is 5.82 Å². The third-order valence-electron chi connectivity index (χ3n) is 2.59. The molecule has 2 N–H and O–H groups in total. The van der Waals surface area contributed by atoms with E-state index in [1.54, 1.807) is 11.8 Å². The number of anilines is 1. The first-order valence-electron chi connectivity index (χ1n) is 5.77. The summed E-state index contributed by atoms with van der Waals surface area (Å²) in [5.41, 5.74) is 6.62. The Morgan fingerprint density at radius 3 is 2.90 bits per heavy atom. The van der Waals surface area contributed by atoms with Gasteiger partial charge in [0.2, 0.25) is 0 Å². The number of hydrogen-bond donors (Lipinski definition) is 1. The number of thiophene rings is 1. The van der Waals surface area contributed by atoms with E-state index < -0.39 is 0 Å². The second-order valence-corrected chi connectivity index (χ2v) is 6.31. The fraction of sp³-hybridized carbons (Fsp3) is 0.0769. The molecule has 0 unspecified atom stereocenters. The van der Waals surface area contributed by atoms with E-state index in [9.17, 15) is 0 Å². The molecule has 0 spiro atoms. The van der Waals surface area contributed by atoms with Crippen LogP contribution in [0.25, 0.3) is 11.5 Å². The number of thioether (sulfide) groups is 1. The van der Waals surface area contributed by atoms with Gasteiger partial charge in [-0.05, 0) is 23.6 Å². The van der Waals surface area contributed by atoms with Gasteiger partial charge in [0.15, 0.2) is 5.82 Å². The van der Waals surface area contributed by atoms with Gasteiger partial charge in [0.1, 0.15) is 0 Å². The molecule has 3 rings (SSSR count). The average molecular weight is 324 g/mol. The molecule has 0 aliphatic heterocycles. The molecule has 2 aromatic heterocycles. The first kappa shape index (κ1) is 13.5. The van der Waals surface area contributed by atoms with Gasteiger partial charge in [-0.3, -0.25) is 0 Å². The van der Waals surface area contributed by atoms with Gasteiger partial charge >= 0.3 is 0 Å². The number of aromatic nitrogens is 2. The number of nitrogens with zero attached hydrogens (tertiary/aromatic N) is 2. The molecule has 0 radical (unpaired) electrons. The molecule has 1 aromatic carbocycles. The van der Waals surface area contributed by atoms with E-state index in [1.165, 1.54) is 11.3 Å². The molecule has 0 bridgehead atoms. The molecular formula is C13H10ClN3OS2. The van der Waals surface area contributed by atoms with Crippen LogP contribution in [0.2, 0.25) is 5.02 Å². The summed E-state index contributed by atoms with van der Waals surface area (Å²) in [6.45, 7) is 0. The van der Waals surface area contributed by atoms with Gasteiger partial charge in [0, 0.05) is 4.90 Å². The summed E-state index contributed by atoms with van der Waals surface area (Å²) < 4.78 is 5.23. The first-order valence-corrected chi connectivity index (χ1v) is 8.01. The number of hydrogen-bond acceptors (Lipinski definition) is 6. The molecule has 0 atom stereocenters. The number of benzene rings is 1. The highest BCUT2D eigenvalue weighted by molar-refractivity contribution is 7.98. The van der Waals surface area contributed by atoms with Crippen molar-refractivity contribution in [2.75, 3.05) is 5.73 Å². The molecule has 102 valence electrons. The molecule has 4 nitrogen and oxygen atoms in total. The molecule has 0 aliphatic carbocycles. The second-order valence-electron chi connectivity index (χ2n) is 3.93. The van der Waals surface area contributed by atoms with Crippen molar-refractivity contribution >= 4 is 39.7 Å². The standard InChI is InChI=1S/C13H10ClN3OS2/c14-9-3-1-2-4-10(9)20-7-11-16-13(18-17-11)8-5-6-19-12(8)15/h1-6H,7,15H2. The van der Waals surface area contributed by atoms with Gasteiger partial charge in [-0.1, -0.05) is 28.9 Å². The van der Waals surface area contributed by atoms with Gasteiger partial charge in [-0.15, -0.1) is 23.1 Å². The van der Waals surface area contributed by atoms with Crippen LogP contribution in [0.4, 0.5) is 5.00 Å². The Morgan fingerprint density at radius 1 is 1.30 bits per heavy atom. The highest BCUT2D eigenvalue weighted by Crippen LogP contribution is 2.31. The minimum atomic E-state index is 0.457. The van der Waals surface area contributed by atoms with Crippen LogP contribution in [0.3, 0.4) is 0 Å². The van der Waals surface area contributed by atoms with Gasteiger partial charge in [-0.25, -0.2) is 0 Å². The minimum absolute atomic E-state index is 0.457. The van der Waals surface area contributed by atoms with Crippen molar-refractivity contribution in [1.82, 2.24) is 10.1 Å². The molecule has 0 saturated heterocycles. The lowest BCUT2D eigenvalue weighted by Gasteiger charge is -2.00. The zero-order chi connectivity index (χ0) is 13.9. The van der Waals surface area contributed by atoms with E-state index in [-0.39, 0.29) is 0 Å². The fourth-order valence-corrected chi connectivity index (χ4v) is 3.34. The summed E-state index contributed by atoms with van der Waals surface area (Å²) in [7, 11) is 0. The molecule has 0 amide bonds. The van der Waals surface area contributed by atoms with E-state index in [2.05, 4.69) is 10.1 Å². The molecule has 20 heavy (non-hydrogen) atoms. The second kappa shape index (κ2) is 5.87. The average Bonchev–Trinajstić information content (AvgIpc) is 3.06. The summed E-state index contributed by atoms with van der Waals surface area (Å²) in [5.74, 6) is 1.67.